The van der Waals surface area contributed by atoms with Gasteiger partial charge in [-0.25, -0.2) is 4.98 Å². The van der Waals surface area contributed by atoms with Gasteiger partial charge >= 0.3 is 0 Å². The Morgan fingerprint density at radius 3 is 3.05 bits per heavy atom. The summed E-state index contributed by atoms with van der Waals surface area (Å²) < 4.78 is 10.9. The quantitative estimate of drug-likeness (QED) is 0.900. The van der Waals surface area contributed by atoms with Gasteiger partial charge in [-0.2, -0.15) is 0 Å². The van der Waals surface area contributed by atoms with Crippen molar-refractivity contribution >= 4 is 11.6 Å². The number of ether oxygens (including phenoxy) is 2. The van der Waals surface area contributed by atoms with E-state index in [0.29, 0.717) is 37.1 Å². The monoisotopic (exact) mass is 299 g/mol. The molecular formula is C16H17N3O3. The Hall–Kier alpha value is -2.44. The molecule has 1 aromatic carbocycles. The van der Waals surface area contributed by atoms with Crippen LogP contribution >= 0.6 is 0 Å². The number of morpholine rings is 1. The molecule has 2 N–H and O–H groups in total. The van der Waals surface area contributed by atoms with Crippen LogP contribution in [0.15, 0.2) is 48.7 Å². The molecular weight excluding hydrogens is 282 g/mol. The summed E-state index contributed by atoms with van der Waals surface area (Å²) in [6.07, 6.45) is 1.66. The predicted octanol–water partition coefficient (Wildman–Crippen LogP) is 1.80. The number of hydrogen-bond acceptors (Lipinski definition) is 5. The van der Waals surface area contributed by atoms with Crippen LogP contribution in [0.5, 0.6) is 11.6 Å². The molecule has 0 radical (unpaired) electrons. The maximum Gasteiger partial charge on any atom is 0.243 e. The summed E-state index contributed by atoms with van der Waals surface area (Å²) in [6.45, 7) is 1.70. The molecule has 0 aliphatic carbocycles. The normalized spacial score (nSPS) is 17.7. The molecule has 1 saturated heterocycles. The second kappa shape index (κ2) is 7.02. The highest BCUT2D eigenvalue weighted by atomic mass is 16.5. The van der Waals surface area contributed by atoms with Crippen LogP contribution in [-0.2, 0) is 9.53 Å². The Morgan fingerprint density at radius 2 is 2.27 bits per heavy atom. The van der Waals surface area contributed by atoms with Crippen molar-refractivity contribution < 1.29 is 14.3 Å². The molecule has 1 aliphatic rings. The van der Waals surface area contributed by atoms with Gasteiger partial charge in [0.15, 0.2) is 0 Å². The van der Waals surface area contributed by atoms with Crippen LogP contribution in [0.25, 0.3) is 0 Å². The van der Waals surface area contributed by atoms with Crippen LogP contribution in [0.1, 0.15) is 0 Å². The lowest BCUT2D eigenvalue weighted by Gasteiger charge is -2.22. The molecule has 1 fully saturated rings. The van der Waals surface area contributed by atoms with Gasteiger partial charge in [-0.15, -0.1) is 0 Å². The zero-order chi connectivity index (χ0) is 15.2. The Bertz CT molecular complexity index is 628. The summed E-state index contributed by atoms with van der Waals surface area (Å²) >= 11 is 0. The van der Waals surface area contributed by atoms with Crippen molar-refractivity contribution in [1.29, 1.82) is 0 Å². The zero-order valence-electron chi connectivity index (χ0n) is 12.0. The summed E-state index contributed by atoms with van der Waals surface area (Å²) in [5, 5.41) is 5.97. The van der Waals surface area contributed by atoms with E-state index in [1.54, 1.807) is 18.3 Å². The van der Waals surface area contributed by atoms with Crippen molar-refractivity contribution in [2.45, 2.75) is 6.04 Å². The van der Waals surface area contributed by atoms with Crippen LogP contribution in [0.2, 0.25) is 0 Å². The molecule has 1 atom stereocenters. The van der Waals surface area contributed by atoms with Crippen molar-refractivity contribution in [2.24, 2.45) is 0 Å². The molecule has 6 heteroatoms. The number of hydrogen-bond donors (Lipinski definition) is 2. The lowest BCUT2D eigenvalue weighted by molar-refractivity contribution is -0.120. The van der Waals surface area contributed by atoms with Gasteiger partial charge in [0.25, 0.3) is 0 Å². The smallest absolute Gasteiger partial charge is 0.243 e. The first-order chi connectivity index (χ1) is 10.8. The van der Waals surface area contributed by atoms with E-state index in [-0.39, 0.29) is 11.9 Å². The van der Waals surface area contributed by atoms with Gasteiger partial charge < -0.3 is 20.1 Å². The summed E-state index contributed by atoms with van der Waals surface area (Å²) in [5.74, 6) is 1.01. The van der Waals surface area contributed by atoms with Gasteiger partial charge in [0.05, 0.1) is 13.2 Å². The lowest BCUT2D eigenvalue weighted by Crippen LogP contribution is -2.48. The minimum absolute atomic E-state index is 0.116. The highest BCUT2D eigenvalue weighted by molar-refractivity contribution is 5.95. The maximum atomic E-state index is 12.1. The third-order valence-electron chi connectivity index (χ3n) is 3.20. The highest BCUT2D eigenvalue weighted by Gasteiger charge is 2.21. The fourth-order valence-electron chi connectivity index (χ4n) is 2.13. The van der Waals surface area contributed by atoms with E-state index in [2.05, 4.69) is 15.6 Å². The van der Waals surface area contributed by atoms with Crippen LogP contribution in [0.3, 0.4) is 0 Å². The first-order valence-electron chi connectivity index (χ1n) is 7.12. The molecule has 1 aromatic heterocycles. The second-order valence-corrected chi connectivity index (χ2v) is 4.87. The van der Waals surface area contributed by atoms with E-state index in [1.165, 1.54) is 0 Å². The first kappa shape index (κ1) is 14.5. The molecule has 2 heterocycles. The standard InChI is InChI=1S/C16H17N3O3/c20-16(14-11-21-9-8-17-14)19-12-4-3-5-13(10-12)22-15-6-1-2-7-18-15/h1-7,10,14,17H,8-9,11H2,(H,19,20). The van der Waals surface area contributed by atoms with Crippen LogP contribution in [0.4, 0.5) is 5.69 Å². The largest absolute Gasteiger partial charge is 0.439 e. The molecule has 0 saturated carbocycles. The molecule has 2 aromatic rings. The molecule has 22 heavy (non-hydrogen) atoms. The van der Waals surface area contributed by atoms with Gasteiger partial charge in [0, 0.05) is 30.6 Å². The molecule has 3 rings (SSSR count). The number of nitrogens with one attached hydrogen (secondary N) is 2. The van der Waals surface area contributed by atoms with Gasteiger partial charge in [-0.1, -0.05) is 12.1 Å². The number of benzene rings is 1. The van der Waals surface area contributed by atoms with E-state index in [4.69, 9.17) is 9.47 Å². The summed E-state index contributed by atoms with van der Waals surface area (Å²) in [4.78, 5) is 16.2. The zero-order valence-corrected chi connectivity index (χ0v) is 12.0. The average molecular weight is 299 g/mol. The molecule has 0 bridgehead atoms. The minimum Gasteiger partial charge on any atom is -0.439 e. The topological polar surface area (TPSA) is 72.5 Å². The first-order valence-corrected chi connectivity index (χ1v) is 7.12. The highest BCUT2D eigenvalue weighted by Crippen LogP contribution is 2.22. The van der Waals surface area contributed by atoms with E-state index in [9.17, 15) is 4.79 Å². The second-order valence-electron chi connectivity index (χ2n) is 4.87. The van der Waals surface area contributed by atoms with Crippen LogP contribution in [0, 0.1) is 0 Å². The molecule has 6 nitrogen and oxygen atoms in total. The van der Waals surface area contributed by atoms with E-state index in [0.717, 1.165) is 0 Å². The van der Waals surface area contributed by atoms with Crippen molar-refractivity contribution in [2.75, 3.05) is 25.1 Å². The van der Waals surface area contributed by atoms with E-state index in [1.807, 2.05) is 30.3 Å². The minimum atomic E-state index is -0.325. The maximum absolute atomic E-state index is 12.1. The number of amides is 1. The Morgan fingerprint density at radius 1 is 1.32 bits per heavy atom. The number of anilines is 1. The fraction of sp³-hybridized carbons (Fsp3) is 0.250. The number of carbonyl (C=O) groups excluding carboxylic acids is 1. The van der Waals surface area contributed by atoms with Crippen LogP contribution in [-0.4, -0.2) is 36.7 Å². The van der Waals surface area contributed by atoms with Gasteiger partial charge in [0.1, 0.15) is 11.8 Å². The average Bonchev–Trinajstić information content (AvgIpc) is 2.57. The predicted molar refractivity (Wildman–Crippen MR) is 82.0 cm³/mol. The third-order valence-corrected chi connectivity index (χ3v) is 3.20. The number of rotatable bonds is 4. The number of nitrogens with zero attached hydrogens (tertiary/aromatic N) is 1. The number of aromatic nitrogens is 1. The van der Waals surface area contributed by atoms with Crippen molar-refractivity contribution in [3.05, 3.63) is 48.7 Å². The van der Waals surface area contributed by atoms with Gasteiger partial charge in [0.2, 0.25) is 11.8 Å². The van der Waals surface area contributed by atoms with Gasteiger partial charge in [-0.05, 0) is 18.2 Å². The van der Waals surface area contributed by atoms with Crippen molar-refractivity contribution in [1.82, 2.24) is 10.3 Å². The van der Waals surface area contributed by atoms with Crippen LogP contribution < -0.4 is 15.4 Å². The molecule has 114 valence electrons. The van der Waals surface area contributed by atoms with Crippen molar-refractivity contribution in [3.63, 3.8) is 0 Å². The summed E-state index contributed by atoms with van der Waals surface area (Å²) in [6, 6.07) is 12.3. The molecule has 1 aliphatic heterocycles. The Balaban J connectivity index is 1.64. The number of carbonyl (C=O) groups is 1. The number of pyridine rings is 1. The van der Waals surface area contributed by atoms with Gasteiger partial charge in [-0.3, -0.25) is 4.79 Å². The molecule has 1 unspecified atom stereocenters. The SMILES string of the molecule is O=C(Nc1cccc(Oc2ccccn2)c1)C1COCCN1. The third kappa shape index (κ3) is 3.81. The molecule has 0 spiro atoms. The summed E-state index contributed by atoms with van der Waals surface area (Å²) in [5.41, 5.74) is 0.672. The van der Waals surface area contributed by atoms with E-state index >= 15 is 0 Å². The molecule has 1 amide bonds. The Labute approximate surface area is 128 Å². The fourth-order valence-corrected chi connectivity index (χ4v) is 2.13. The summed E-state index contributed by atoms with van der Waals surface area (Å²) in [7, 11) is 0. The van der Waals surface area contributed by atoms with E-state index < -0.39 is 0 Å². The lowest BCUT2D eigenvalue weighted by atomic mass is 10.2. The van der Waals surface area contributed by atoms with Crippen molar-refractivity contribution in [3.8, 4) is 11.6 Å². The Kier molecular flexibility index (Phi) is 4.62.